The van der Waals surface area contributed by atoms with Crippen molar-refractivity contribution in [2.75, 3.05) is 6.54 Å². The number of benzene rings is 2. The van der Waals surface area contributed by atoms with Gasteiger partial charge in [0, 0.05) is 35.0 Å². The number of rotatable bonds is 4. The van der Waals surface area contributed by atoms with Crippen LogP contribution in [0.4, 0.5) is 0 Å². The fourth-order valence-electron chi connectivity index (χ4n) is 3.72. The molecule has 2 aromatic carbocycles. The Morgan fingerprint density at radius 2 is 1.96 bits per heavy atom. The molecule has 3 aromatic rings. The lowest BCUT2D eigenvalue weighted by molar-refractivity contribution is 0.0725. The quantitative estimate of drug-likeness (QED) is 0.527. The second-order valence-electron chi connectivity index (χ2n) is 6.79. The van der Waals surface area contributed by atoms with E-state index in [4.69, 9.17) is 0 Å². The van der Waals surface area contributed by atoms with E-state index in [1.165, 1.54) is 28.6 Å². The highest BCUT2D eigenvalue weighted by Crippen LogP contribution is 2.36. The molecule has 0 spiro atoms. The van der Waals surface area contributed by atoms with Crippen molar-refractivity contribution in [2.45, 2.75) is 12.5 Å². The van der Waals surface area contributed by atoms with Crippen LogP contribution in [0.2, 0.25) is 0 Å². The van der Waals surface area contributed by atoms with Gasteiger partial charge in [0.1, 0.15) is 6.29 Å². The maximum atomic E-state index is 13.2. The van der Waals surface area contributed by atoms with Crippen LogP contribution < -0.4 is 5.46 Å². The van der Waals surface area contributed by atoms with Gasteiger partial charge < -0.3 is 14.9 Å². The first-order chi connectivity index (χ1) is 13.6. The largest absolute Gasteiger partial charge is 0.489 e. The number of fused-ring (bicyclic) bond motifs is 1. The maximum Gasteiger partial charge on any atom is 0.489 e. The van der Waals surface area contributed by atoms with Crippen LogP contribution in [0, 0.1) is 0 Å². The van der Waals surface area contributed by atoms with E-state index < -0.39 is 7.12 Å². The molecule has 0 fully saturated rings. The number of carbonyl (C=O) groups excluding carboxylic acids is 2. The van der Waals surface area contributed by atoms with E-state index in [-0.39, 0.29) is 22.9 Å². The van der Waals surface area contributed by atoms with Gasteiger partial charge in [-0.25, -0.2) is 0 Å². The average Bonchev–Trinajstić information content (AvgIpc) is 3.26. The number of amides is 1. The van der Waals surface area contributed by atoms with E-state index in [1.54, 1.807) is 16.2 Å². The summed E-state index contributed by atoms with van der Waals surface area (Å²) in [6.45, 7) is 1.05. The molecule has 1 aromatic heterocycles. The van der Waals surface area contributed by atoms with Crippen LogP contribution in [0.15, 0.2) is 60.0 Å². The summed E-state index contributed by atoms with van der Waals surface area (Å²) >= 11 is 1.67. The number of aldehydes is 1. The van der Waals surface area contributed by atoms with Gasteiger partial charge in [-0.2, -0.15) is 0 Å². The standard InChI is InChI=1S/C21H18BNO4S/c24-13-16-10-14(7-8-19(16)22(26)27)21(25)23-11-15-4-1-2-5-17(15)18(12-23)20-6-3-9-28-20/h1-10,13,18,26-27H,11-12H2. The minimum absolute atomic E-state index is 0.0898. The molecule has 4 rings (SSSR count). The fourth-order valence-corrected chi connectivity index (χ4v) is 4.56. The number of hydrogen-bond acceptors (Lipinski definition) is 5. The molecule has 1 aliphatic rings. The third kappa shape index (κ3) is 3.40. The Morgan fingerprint density at radius 3 is 2.68 bits per heavy atom. The molecule has 140 valence electrons. The Balaban J connectivity index is 1.68. The molecule has 1 atom stereocenters. The predicted octanol–water partition coefficient (Wildman–Crippen LogP) is 2.03. The van der Waals surface area contributed by atoms with Gasteiger partial charge in [0.15, 0.2) is 0 Å². The van der Waals surface area contributed by atoms with Crippen molar-refractivity contribution in [3.63, 3.8) is 0 Å². The first kappa shape index (κ1) is 18.6. The minimum atomic E-state index is -1.76. The molecule has 5 nitrogen and oxygen atoms in total. The molecule has 0 radical (unpaired) electrons. The highest BCUT2D eigenvalue weighted by Gasteiger charge is 2.30. The molecule has 0 bridgehead atoms. The van der Waals surface area contributed by atoms with Gasteiger partial charge in [-0.3, -0.25) is 9.59 Å². The predicted molar refractivity (Wildman–Crippen MR) is 109 cm³/mol. The molecule has 1 unspecified atom stereocenters. The molecule has 0 saturated heterocycles. The molecular formula is C21H18BNO4S. The van der Waals surface area contributed by atoms with Crippen molar-refractivity contribution in [3.8, 4) is 0 Å². The van der Waals surface area contributed by atoms with E-state index >= 15 is 0 Å². The van der Waals surface area contributed by atoms with Crippen LogP contribution in [0.5, 0.6) is 0 Å². The molecule has 2 N–H and O–H groups in total. The molecule has 1 amide bonds. The van der Waals surface area contributed by atoms with E-state index in [1.807, 2.05) is 29.6 Å². The second kappa shape index (κ2) is 7.71. The van der Waals surface area contributed by atoms with Crippen LogP contribution >= 0.6 is 11.3 Å². The number of nitrogens with zero attached hydrogens (tertiary/aromatic N) is 1. The minimum Gasteiger partial charge on any atom is -0.423 e. The summed E-state index contributed by atoms with van der Waals surface area (Å²) in [6, 6.07) is 16.6. The first-order valence-electron chi connectivity index (χ1n) is 8.94. The van der Waals surface area contributed by atoms with E-state index in [2.05, 4.69) is 12.1 Å². The third-order valence-electron chi connectivity index (χ3n) is 5.11. The van der Waals surface area contributed by atoms with Crippen molar-refractivity contribution in [3.05, 3.63) is 87.1 Å². The van der Waals surface area contributed by atoms with Crippen molar-refractivity contribution >= 4 is 36.1 Å². The zero-order chi connectivity index (χ0) is 19.7. The monoisotopic (exact) mass is 391 g/mol. The first-order valence-corrected chi connectivity index (χ1v) is 9.82. The zero-order valence-electron chi connectivity index (χ0n) is 15.0. The summed E-state index contributed by atoms with van der Waals surface area (Å²) in [5, 5.41) is 20.8. The van der Waals surface area contributed by atoms with E-state index in [0.717, 1.165) is 5.56 Å². The molecule has 7 heteroatoms. The fraction of sp³-hybridized carbons (Fsp3) is 0.143. The van der Waals surface area contributed by atoms with Crippen LogP contribution in [0.1, 0.15) is 42.6 Å². The van der Waals surface area contributed by atoms with Gasteiger partial charge in [0.25, 0.3) is 5.91 Å². The van der Waals surface area contributed by atoms with Crippen LogP contribution in [-0.2, 0) is 6.54 Å². The Bertz CT molecular complexity index is 1020. The third-order valence-corrected chi connectivity index (χ3v) is 6.09. The summed E-state index contributed by atoms with van der Waals surface area (Å²) in [4.78, 5) is 27.5. The molecule has 0 aliphatic carbocycles. The number of thiophene rings is 1. The van der Waals surface area contributed by atoms with Crippen molar-refractivity contribution in [1.29, 1.82) is 0 Å². The summed E-state index contributed by atoms with van der Waals surface area (Å²) < 4.78 is 0. The maximum absolute atomic E-state index is 13.2. The van der Waals surface area contributed by atoms with Crippen molar-refractivity contribution < 1.29 is 19.6 Å². The molecule has 28 heavy (non-hydrogen) atoms. The van der Waals surface area contributed by atoms with Crippen molar-refractivity contribution in [2.24, 2.45) is 0 Å². The highest BCUT2D eigenvalue weighted by molar-refractivity contribution is 7.10. The molecular weight excluding hydrogens is 373 g/mol. The van der Waals surface area contributed by atoms with Crippen LogP contribution in [0.3, 0.4) is 0 Å². The lowest BCUT2D eigenvalue weighted by Gasteiger charge is -2.34. The molecule has 2 heterocycles. The summed E-state index contributed by atoms with van der Waals surface area (Å²) in [6.07, 6.45) is 0.533. The second-order valence-corrected chi connectivity index (χ2v) is 7.77. The average molecular weight is 391 g/mol. The smallest absolute Gasteiger partial charge is 0.423 e. The normalized spacial score (nSPS) is 15.8. The topological polar surface area (TPSA) is 77.8 Å². The summed E-state index contributed by atoms with van der Waals surface area (Å²) in [5.41, 5.74) is 2.90. The van der Waals surface area contributed by atoms with Gasteiger partial charge in [0.05, 0.1) is 0 Å². The molecule has 1 aliphatic heterocycles. The van der Waals surface area contributed by atoms with Gasteiger partial charge in [-0.1, -0.05) is 36.4 Å². The Morgan fingerprint density at radius 1 is 1.14 bits per heavy atom. The SMILES string of the molecule is O=Cc1cc(C(=O)N2Cc3ccccc3C(c3cccs3)C2)ccc1B(O)O. The van der Waals surface area contributed by atoms with Gasteiger partial charge in [-0.15, -0.1) is 11.3 Å². The lowest BCUT2D eigenvalue weighted by atomic mass is 9.76. The number of hydrogen-bond donors (Lipinski definition) is 2. The van der Waals surface area contributed by atoms with Crippen LogP contribution in [-0.4, -0.2) is 40.8 Å². The Hall–Kier alpha value is -2.74. The van der Waals surface area contributed by atoms with Crippen molar-refractivity contribution in [1.82, 2.24) is 4.90 Å². The van der Waals surface area contributed by atoms with E-state index in [9.17, 15) is 19.6 Å². The number of carbonyl (C=O) groups is 2. The lowest BCUT2D eigenvalue weighted by Crippen LogP contribution is -2.39. The Kier molecular flexibility index (Phi) is 5.13. The van der Waals surface area contributed by atoms with Gasteiger partial charge >= 0.3 is 7.12 Å². The Labute approximate surface area is 167 Å². The van der Waals surface area contributed by atoms with E-state index in [0.29, 0.717) is 24.9 Å². The highest BCUT2D eigenvalue weighted by atomic mass is 32.1. The molecule has 0 saturated carbocycles. The van der Waals surface area contributed by atoms with Gasteiger partial charge in [-0.05, 0) is 40.2 Å². The summed E-state index contributed by atoms with van der Waals surface area (Å²) in [5.74, 6) is -0.0730. The van der Waals surface area contributed by atoms with Crippen LogP contribution in [0.25, 0.3) is 0 Å². The summed E-state index contributed by atoms with van der Waals surface area (Å²) in [7, 11) is -1.76. The van der Waals surface area contributed by atoms with Gasteiger partial charge in [0.2, 0.25) is 0 Å². The zero-order valence-corrected chi connectivity index (χ0v) is 15.8.